The van der Waals surface area contributed by atoms with Crippen molar-refractivity contribution in [3.05, 3.63) is 18.2 Å². The summed E-state index contributed by atoms with van der Waals surface area (Å²) in [7, 11) is 1.52. The van der Waals surface area contributed by atoms with E-state index in [0.717, 1.165) is 0 Å². The maximum atomic E-state index is 9.00. The molecule has 0 aliphatic heterocycles. The fourth-order valence-electron chi connectivity index (χ4n) is 0.790. The molecule has 4 nitrogen and oxygen atoms in total. The second-order valence-electron chi connectivity index (χ2n) is 2.27. The first-order chi connectivity index (χ1) is 5.74. The Bertz CT molecular complexity index is 262. The largest absolute Gasteiger partial charge is 0.508 e. The van der Waals surface area contributed by atoms with Crippen molar-refractivity contribution in [2.24, 2.45) is 0 Å². The van der Waals surface area contributed by atoms with E-state index < -0.39 is 0 Å². The molecule has 0 heterocycles. The first-order valence-corrected chi connectivity index (χ1v) is 3.44. The summed E-state index contributed by atoms with van der Waals surface area (Å²) in [6.07, 6.45) is 0. The van der Waals surface area contributed by atoms with Gasteiger partial charge in [0.15, 0.2) is 6.79 Å². The number of hydrogen-bond donors (Lipinski definition) is 2. The molecule has 0 spiro atoms. The van der Waals surface area contributed by atoms with E-state index in [4.69, 9.17) is 20.3 Å². The van der Waals surface area contributed by atoms with E-state index in [1.165, 1.54) is 19.2 Å². The number of ether oxygens (including phenoxy) is 2. The van der Waals surface area contributed by atoms with Gasteiger partial charge in [0.05, 0.1) is 5.69 Å². The molecule has 0 aliphatic carbocycles. The van der Waals surface area contributed by atoms with Crippen molar-refractivity contribution in [3.63, 3.8) is 0 Å². The van der Waals surface area contributed by atoms with E-state index in [1.54, 1.807) is 6.07 Å². The van der Waals surface area contributed by atoms with Crippen molar-refractivity contribution in [2.75, 3.05) is 19.6 Å². The summed E-state index contributed by atoms with van der Waals surface area (Å²) >= 11 is 0. The Morgan fingerprint density at radius 3 is 2.83 bits per heavy atom. The summed E-state index contributed by atoms with van der Waals surface area (Å²) < 4.78 is 9.77. The molecule has 0 saturated heterocycles. The van der Waals surface area contributed by atoms with E-state index in [0.29, 0.717) is 11.4 Å². The van der Waals surface area contributed by atoms with Crippen molar-refractivity contribution >= 4 is 5.69 Å². The third-order valence-corrected chi connectivity index (χ3v) is 1.33. The quantitative estimate of drug-likeness (QED) is 0.522. The van der Waals surface area contributed by atoms with Crippen LogP contribution in [-0.2, 0) is 4.74 Å². The van der Waals surface area contributed by atoms with Crippen molar-refractivity contribution in [3.8, 4) is 11.5 Å². The fourth-order valence-corrected chi connectivity index (χ4v) is 0.790. The van der Waals surface area contributed by atoms with Crippen LogP contribution < -0.4 is 10.5 Å². The molecule has 0 aliphatic rings. The first kappa shape index (κ1) is 8.67. The summed E-state index contributed by atoms with van der Waals surface area (Å²) in [5, 5.41) is 9.00. The Kier molecular flexibility index (Phi) is 2.76. The number of phenols is 1. The zero-order valence-corrected chi connectivity index (χ0v) is 6.78. The summed E-state index contributed by atoms with van der Waals surface area (Å²) in [5.41, 5.74) is 5.92. The van der Waals surface area contributed by atoms with Gasteiger partial charge in [0.25, 0.3) is 0 Å². The lowest BCUT2D eigenvalue weighted by Crippen LogP contribution is -2.01. The highest BCUT2D eigenvalue weighted by Gasteiger charge is 1.99. The SMILES string of the molecule is COCOc1ccc(O)cc1N. The Hall–Kier alpha value is -1.42. The minimum atomic E-state index is 0.122. The molecule has 0 bridgehead atoms. The van der Waals surface area contributed by atoms with Crippen LogP contribution in [0.25, 0.3) is 0 Å². The van der Waals surface area contributed by atoms with Crippen LogP contribution >= 0.6 is 0 Å². The third kappa shape index (κ3) is 2.03. The van der Waals surface area contributed by atoms with Crippen LogP contribution in [-0.4, -0.2) is 19.0 Å². The lowest BCUT2D eigenvalue weighted by atomic mass is 10.3. The van der Waals surface area contributed by atoms with Crippen molar-refractivity contribution in [2.45, 2.75) is 0 Å². The normalized spacial score (nSPS) is 9.75. The van der Waals surface area contributed by atoms with Gasteiger partial charge in [-0.2, -0.15) is 0 Å². The summed E-state index contributed by atoms with van der Waals surface area (Å²) in [6, 6.07) is 4.51. The van der Waals surface area contributed by atoms with E-state index in [1.807, 2.05) is 0 Å². The minimum absolute atomic E-state index is 0.122. The molecule has 0 fully saturated rings. The third-order valence-electron chi connectivity index (χ3n) is 1.33. The van der Waals surface area contributed by atoms with Gasteiger partial charge >= 0.3 is 0 Å². The Balaban J connectivity index is 2.72. The average Bonchev–Trinajstić information content (AvgIpc) is 2.03. The Labute approximate surface area is 70.5 Å². The lowest BCUT2D eigenvalue weighted by molar-refractivity contribution is 0.0516. The molecular formula is C8H11NO3. The Morgan fingerprint density at radius 1 is 1.50 bits per heavy atom. The molecule has 0 aromatic heterocycles. The van der Waals surface area contributed by atoms with E-state index in [9.17, 15) is 0 Å². The molecule has 0 atom stereocenters. The molecule has 1 aromatic rings. The van der Waals surface area contributed by atoms with E-state index >= 15 is 0 Å². The fraction of sp³-hybridized carbons (Fsp3) is 0.250. The molecule has 12 heavy (non-hydrogen) atoms. The highest BCUT2D eigenvalue weighted by atomic mass is 16.7. The van der Waals surface area contributed by atoms with Crippen LogP contribution in [0.2, 0.25) is 0 Å². The number of nitrogen functional groups attached to an aromatic ring is 1. The van der Waals surface area contributed by atoms with Crippen LogP contribution in [0.4, 0.5) is 5.69 Å². The molecule has 0 amide bonds. The number of rotatable bonds is 3. The maximum absolute atomic E-state index is 9.00. The minimum Gasteiger partial charge on any atom is -0.508 e. The number of aromatic hydroxyl groups is 1. The number of hydrogen-bond acceptors (Lipinski definition) is 4. The van der Waals surface area contributed by atoms with Crippen LogP contribution in [0.3, 0.4) is 0 Å². The predicted molar refractivity (Wildman–Crippen MR) is 45.0 cm³/mol. The molecule has 4 heteroatoms. The van der Waals surface area contributed by atoms with Crippen LogP contribution in [0.15, 0.2) is 18.2 Å². The summed E-state index contributed by atoms with van der Waals surface area (Å²) in [6.45, 7) is 0.148. The van der Waals surface area contributed by atoms with Crippen LogP contribution in [0.5, 0.6) is 11.5 Å². The van der Waals surface area contributed by atoms with Crippen molar-refractivity contribution in [1.29, 1.82) is 0 Å². The average molecular weight is 169 g/mol. The van der Waals surface area contributed by atoms with Gasteiger partial charge in [-0.25, -0.2) is 0 Å². The monoisotopic (exact) mass is 169 g/mol. The van der Waals surface area contributed by atoms with Gasteiger partial charge in [-0.1, -0.05) is 0 Å². The zero-order chi connectivity index (χ0) is 8.97. The van der Waals surface area contributed by atoms with Gasteiger partial charge in [0, 0.05) is 13.2 Å². The smallest absolute Gasteiger partial charge is 0.188 e. The maximum Gasteiger partial charge on any atom is 0.188 e. The second-order valence-corrected chi connectivity index (χ2v) is 2.27. The molecule has 66 valence electrons. The van der Waals surface area contributed by atoms with Crippen LogP contribution in [0.1, 0.15) is 0 Å². The molecule has 0 saturated carbocycles. The number of nitrogens with two attached hydrogens (primary N) is 1. The van der Waals surface area contributed by atoms with Gasteiger partial charge in [-0.3, -0.25) is 0 Å². The lowest BCUT2D eigenvalue weighted by Gasteiger charge is -2.06. The van der Waals surface area contributed by atoms with Gasteiger partial charge in [0.1, 0.15) is 11.5 Å². The molecule has 3 N–H and O–H groups in total. The van der Waals surface area contributed by atoms with Crippen molar-refractivity contribution in [1.82, 2.24) is 0 Å². The van der Waals surface area contributed by atoms with Crippen LogP contribution in [0, 0.1) is 0 Å². The first-order valence-electron chi connectivity index (χ1n) is 3.44. The van der Waals surface area contributed by atoms with E-state index in [2.05, 4.69) is 0 Å². The van der Waals surface area contributed by atoms with Gasteiger partial charge < -0.3 is 20.3 Å². The van der Waals surface area contributed by atoms with Crippen molar-refractivity contribution < 1.29 is 14.6 Å². The predicted octanol–water partition coefficient (Wildman–Crippen LogP) is 0.957. The molecule has 1 aromatic carbocycles. The number of methoxy groups -OCH3 is 1. The van der Waals surface area contributed by atoms with Gasteiger partial charge in [-0.15, -0.1) is 0 Å². The summed E-state index contributed by atoms with van der Waals surface area (Å²) in [5.74, 6) is 0.631. The number of phenolic OH excluding ortho intramolecular Hbond substituents is 1. The highest BCUT2D eigenvalue weighted by molar-refractivity contribution is 5.55. The summed E-state index contributed by atoms with van der Waals surface area (Å²) in [4.78, 5) is 0. The molecule has 1 rings (SSSR count). The number of benzene rings is 1. The highest BCUT2D eigenvalue weighted by Crippen LogP contribution is 2.25. The zero-order valence-electron chi connectivity index (χ0n) is 6.78. The topological polar surface area (TPSA) is 64.7 Å². The molecular weight excluding hydrogens is 158 g/mol. The Morgan fingerprint density at radius 2 is 2.25 bits per heavy atom. The standard InChI is InChI=1S/C8H11NO3/c1-11-5-12-8-3-2-6(10)4-7(8)9/h2-4,10H,5,9H2,1H3. The van der Waals surface area contributed by atoms with Gasteiger partial charge in [-0.05, 0) is 12.1 Å². The van der Waals surface area contributed by atoms with E-state index in [-0.39, 0.29) is 12.5 Å². The second kappa shape index (κ2) is 3.82. The number of anilines is 1. The molecule has 0 unspecified atom stereocenters. The molecule has 0 radical (unpaired) electrons. The van der Waals surface area contributed by atoms with Gasteiger partial charge in [0.2, 0.25) is 0 Å².